The maximum Gasteiger partial charge on any atom is 0.414 e. The molecule has 6 nitrogen and oxygen atoms in total. The molecule has 2 aliphatic heterocycles. The van der Waals surface area contributed by atoms with Crippen molar-refractivity contribution in [1.29, 1.82) is 0 Å². The number of likely N-dealkylation sites (tertiary alicyclic amines) is 1. The standard InChI is InChI=1S/C22H25N3O3/c26-21(23-19-8-10-20(11-9-19)25-15-16-28-22(25)27)24-13-4-7-18(12-14-24)17-5-2-1-3-6-17/h1-3,5-6,8-11,18H,4,7,12-16H2,(H,23,26)/t18-/m0/s1. The summed E-state index contributed by atoms with van der Waals surface area (Å²) in [4.78, 5) is 27.8. The van der Waals surface area contributed by atoms with Crippen molar-refractivity contribution < 1.29 is 14.3 Å². The molecular weight excluding hydrogens is 354 g/mol. The molecule has 2 saturated heterocycles. The molecule has 2 aliphatic rings. The number of ether oxygens (including phenoxy) is 1. The first kappa shape index (κ1) is 18.3. The van der Waals surface area contributed by atoms with Crippen molar-refractivity contribution in [3.63, 3.8) is 0 Å². The lowest BCUT2D eigenvalue weighted by atomic mass is 9.92. The summed E-state index contributed by atoms with van der Waals surface area (Å²) in [6.45, 7) is 2.49. The number of cyclic esters (lactones) is 1. The minimum absolute atomic E-state index is 0.0676. The summed E-state index contributed by atoms with van der Waals surface area (Å²) in [5.74, 6) is 0.513. The predicted octanol–water partition coefficient (Wildman–Crippen LogP) is 4.44. The van der Waals surface area contributed by atoms with Gasteiger partial charge in [0.2, 0.25) is 0 Å². The second-order valence-corrected chi connectivity index (χ2v) is 7.27. The third-order valence-electron chi connectivity index (χ3n) is 5.48. The van der Waals surface area contributed by atoms with Crippen LogP contribution in [0.3, 0.4) is 0 Å². The van der Waals surface area contributed by atoms with Gasteiger partial charge in [0.25, 0.3) is 0 Å². The fraction of sp³-hybridized carbons (Fsp3) is 0.364. The van der Waals surface area contributed by atoms with Crippen molar-refractivity contribution in [2.75, 3.05) is 36.5 Å². The Bertz CT molecular complexity index is 823. The molecule has 0 radical (unpaired) electrons. The third kappa shape index (κ3) is 4.11. The van der Waals surface area contributed by atoms with Crippen molar-refractivity contribution in [3.05, 3.63) is 60.2 Å². The minimum Gasteiger partial charge on any atom is -0.447 e. The van der Waals surface area contributed by atoms with Gasteiger partial charge in [0.05, 0.1) is 6.54 Å². The maximum absolute atomic E-state index is 12.7. The molecule has 0 unspecified atom stereocenters. The quantitative estimate of drug-likeness (QED) is 0.857. The van der Waals surface area contributed by atoms with Gasteiger partial charge in [0.15, 0.2) is 0 Å². The Morgan fingerprint density at radius 1 is 0.964 bits per heavy atom. The molecule has 3 amide bonds. The molecule has 0 spiro atoms. The first-order valence-electron chi connectivity index (χ1n) is 9.86. The summed E-state index contributed by atoms with van der Waals surface area (Å²) in [5, 5.41) is 2.98. The topological polar surface area (TPSA) is 61.9 Å². The molecule has 0 aliphatic carbocycles. The lowest BCUT2D eigenvalue weighted by Gasteiger charge is -2.21. The van der Waals surface area contributed by atoms with Crippen molar-refractivity contribution in [3.8, 4) is 0 Å². The summed E-state index contributed by atoms with van der Waals surface area (Å²) < 4.78 is 4.96. The van der Waals surface area contributed by atoms with E-state index in [1.807, 2.05) is 35.2 Å². The highest BCUT2D eigenvalue weighted by Gasteiger charge is 2.24. The molecular formula is C22H25N3O3. The molecule has 0 bridgehead atoms. The lowest BCUT2D eigenvalue weighted by molar-refractivity contribution is 0.181. The van der Waals surface area contributed by atoms with E-state index in [9.17, 15) is 9.59 Å². The van der Waals surface area contributed by atoms with Crippen LogP contribution in [0.5, 0.6) is 0 Å². The Morgan fingerprint density at radius 3 is 2.46 bits per heavy atom. The molecule has 2 aromatic carbocycles. The Hall–Kier alpha value is -3.02. The van der Waals surface area contributed by atoms with Gasteiger partial charge in [-0.25, -0.2) is 9.59 Å². The van der Waals surface area contributed by atoms with Crippen LogP contribution in [0.2, 0.25) is 0 Å². The average molecular weight is 379 g/mol. The Kier molecular flexibility index (Phi) is 5.46. The molecule has 4 rings (SSSR count). The zero-order valence-corrected chi connectivity index (χ0v) is 15.8. The van der Waals surface area contributed by atoms with Crippen molar-refractivity contribution >= 4 is 23.5 Å². The lowest BCUT2D eigenvalue weighted by Crippen LogP contribution is -2.35. The van der Waals surface area contributed by atoms with Gasteiger partial charge in [-0.05, 0) is 55.0 Å². The number of anilines is 2. The monoisotopic (exact) mass is 379 g/mol. The molecule has 0 aromatic heterocycles. The molecule has 28 heavy (non-hydrogen) atoms. The van der Waals surface area contributed by atoms with Gasteiger partial charge in [-0.1, -0.05) is 30.3 Å². The molecule has 0 saturated carbocycles. The smallest absolute Gasteiger partial charge is 0.414 e. The normalized spacial score (nSPS) is 19.9. The molecule has 1 atom stereocenters. The van der Waals surface area contributed by atoms with E-state index in [0.717, 1.165) is 43.7 Å². The van der Waals surface area contributed by atoms with Gasteiger partial charge in [-0.15, -0.1) is 0 Å². The number of hydrogen-bond acceptors (Lipinski definition) is 3. The zero-order valence-electron chi connectivity index (χ0n) is 15.8. The van der Waals surface area contributed by atoms with Gasteiger partial charge in [0.1, 0.15) is 6.61 Å². The zero-order chi connectivity index (χ0) is 19.3. The minimum atomic E-state index is -0.325. The second-order valence-electron chi connectivity index (χ2n) is 7.27. The number of carbonyl (C=O) groups excluding carboxylic acids is 2. The highest BCUT2D eigenvalue weighted by Crippen LogP contribution is 2.28. The SMILES string of the molecule is O=C(Nc1ccc(N2CCOC2=O)cc1)N1CCC[C@H](c2ccccc2)CC1. The molecule has 146 valence electrons. The van der Waals surface area contributed by atoms with Gasteiger partial charge in [-0.3, -0.25) is 4.90 Å². The number of nitrogens with one attached hydrogen (secondary N) is 1. The molecule has 2 aromatic rings. The number of rotatable bonds is 3. The first-order valence-corrected chi connectivity index (χ1v) is 9.86. The van der Waals surface area contributed by atoms with Gasteiger partial charge < -0.3 is 15.0 Å². The van der Waals surface area contributed by atoms with E-state index in [1.165, 1.54) is 5.56 Å². The highest BCUT2D eigenvalue weighted by molar-refractivity contribution is 5.91. The van der Waals surface area contributed by atoms with E-state index >= 15 is 0 Å². The number of hydrogen-bond donors (Lipinski definition) is 1. The van der Waals surface area contributed by atoms with E-state index in [-0.39, 0.29) is 12.1 Å². The number of nitrogens with zero attached hydrogens (tertiary/aromatic N) is 2. The van der Waals surface area contributed by atoms with Gasteiger partial charge >= 0.3 is 12.1 Å². The van der Waals surface area contributed by atoms with Crippen molar-refractivity contribution in [2.24, 2.45) is 0 Å². The fourth-order valence-corrected chi connectivity index (χ4v) is 3.91. The molecule has 2 fully saturated rings. The first-order chi connectivity index (χ1) is 13.7. The van der Waals surface area contributed by atoms with Crippen LogP contribution < -0.4 is 10.2 Å². The van der Waals surface area contributed by atoms with Crippen molar-refractivity contribution in [2.45, 2.75) is 25.2 Å². The van der Waals surface area contributed by atoms with E-state index in [4.69, 9.17) is 4.74 Å². The number of carbonyl (C=O) groups is 2. The van der Waals surface area contributed by atoms with Crippen LogP contribution >= 0.6 is 0 Å². The summed E-state index contributed by atoms with van der Waals surface area (Å²) >= 11 is 0. The Balaban J connectivity index is 1.34. The maximum atomic E-state index is 12.7. The van der Waals surface area contributed by atoms with Crippen LogP contribution in [0.25, 0.3) is 0 Å². The highest BCUT2D eigenvalue weighted by atomic mass is 16.6. The molecule has 6 heteroatoms. The van der Waals surface area contributed by atoms with Crippen LogP contribution in [-0.2, 0) is 4.74 Å². The van der Waals surface area contributed by atoms with Crippen LogP contribution in [0.15, 0.2) is 54.6 Å². The number of urea groups is 1. The third-order valence-corrected chi connectivity index (χ3v) is 5.48. The summed E-state index contributed by atoms with van der Waals surface area (Å²) in [5.41, 5.74) is 2.87. The van der Waals surface area contributed by atoms with Crippen LogP contribution in [0.4, 0.5) is 21.0 Å². The number of amides is 3. The van der Waals surface area contributed by atoms with Crippen LogP contribution in [0, 0.1) is 0 Å². The average Bonchev–Trinajstić information content (AvgIpc) is 3.00. The Labute approximate surface area is 165 Å². The summed E-state index contributed by atoms with van der Waals surface area (Å²) in [7, 11) is 0. The van der Waals surface area contributed by atoms with Crippen LogP contribution in [-0.4, -0.2) is 43.3 Å². The second kappa shape index (κ2) is 8.33. The Morgan fingerprint density at radius 2 is 1.75 bits per heavy atom. The largest absolute Gasteiger partial charge is 0.447 e. The molecule has 1 N–H and O–H groups in total. The van der Waals surface area contributed by atoms with Crippen molar-refractivity contribution in [1.82, 2.24) is 4.90 Å². The van der Waals surface area contributed by atoms with E-state index < -0.39 is 0 Å². The van der Waals surface area contributed by atoms with Gasteiger partial charge in [0, 0.05) is 24.5 Å². The van der Waals surface area contributed by atoms with Gasteiger partial charge in [-0.2, -0.15) is 0 Å². The fourth-order valence-electron chi connectivity index (χ4n) is 3.91. The van der Waals surface area contributed by atoms with Crippen LogP contribution in [0.1, 0.15) is 30.7 Å². The molecule has 2 heterocycles. The summed E-state index contributed by atoms with van der Waals surface area (Å²) in [6.07, 6.45) is 2.76. The van der Waals surface area contributed by atoms with E-state index in [0.29, 0.717) is 19.1 Å². The van der Waals surface area contributed by atoms with E-state index in [2.05, 4.69) is 29.6 Å². The summed E-state index contributed by atoms with van der Waals surface area (Å²) in [6, 6.07) is 17.8. The number of benzene rings is 2. The van der Waals surface area contributed by atoms with E-state index in [1.54, 1.807) is 4.90 Å². The predicted molar refractivity (Wildman–Crippen MR) is 109 cm³/mol.